The van der Waals surface area contributed by atoms with Crippen molar-refractivity contribution in [1.82, 2.24) is 14.4 Å². The van der Waals surface area contributed by atoms with Crippen LogP contribution in [-0.2, 0) is 6.42 Å². The molecule has 15 heavy (non-hydrogen) atoms. The van der Waals surface area contributed by atoms with Crippen LogP contribution < -0.4 is 9.47 Å². The molecule has 0 saturated heterocycles. The van der Waals surface area contributed by atoms with Gasteiger partial charge in [0.05, 0.1) is 26.5 Å². The third-order valence-corrected chi connectivity index (χ3v) is 2.27. The lowest BCUT2D eigenvalue weighted by molar-refractivity contribution is 0.368. The summed E-state index contributed by atoms with van der Waals surface area (Å²) >= 11 is 0. The van der Waals surface area contributed by atoms with Crippen molar-refractivity contribution in [3.63, 3.8) is 0 Å². The Labute approximate surface area is 87.7 Å². The number of aromatic nitrogens is 3. The quantitative estimate of drug-likeness (QED) is 0.761. The van der Waals surface area contributed by atoms with Crippen LogP contribution in [0.5, 0.6) is 11.8 Å². The van der Waals surface area contributed by atoms with Crippen molar-refractivity contribution < 1.29 is 9.47 Å². The summed E-state index contributed by atoms with van der Waals surface area (Å²) in [7, 11) is 3.19. The van der Waals surface area contributed by atoms with E-state index in [9.17, 15) is 0 Å². The number of rotatable bonds is 3. The lowest BCUT2D eigenvalue weighted by Gasteiger charge is -2.07. The number of methoxy groups -OCH3 is 2. The molecule has 0 fully saturated rings. The fourth-order valence-corrected chi connectivity index (χ4v) is 1.50. The molecule has 0 N–H and O–H groups in total. The summed E-state index contributed by atoms with van der Waals surface area (Å²) in [6.07, 6.45) is 2.68. The van der Waals surface area contributed by atoms with Crippen molar-refractivity contribution in [2.24, 2.45) is 0 Å². The second kappa shape index (κ2) is 3.76. The fraction of sp³-hybridized carbons (Fsp3) is 0.400. The minimum Gasteiger partial charge on any atom is -0.482 e. The number of hydrogen-bond donors (Lipinski definition) is 0. The van der Waals surface area contributed by atoms with E-state index < -0.39 is 0 Å². The highest BCUT2D eigenvalue weighted by molar-refractivity contribution is 5.40. The molecule has 0 unspecified atom stereocenters. The van der Waals surface area contributed by atoms with Crippen molar-refractivity contribution in [2.45, 2.75) is 13.3 Å². The van der Waals surface area contributed by atoms with Crippen LogP contribution in [0.4, 0.5) is 0 Å². The van der Waals surface area contributed by atoms with Gasteiger partial charge in [0, 0.05) is 5.69 Å². The Morgan fingerprint density at radius 1 is 1.33 bits per heavy atom. The molecule has 0 saturated carbocycles. The Balaban J connectivity index is 2.72. The lowest BCUT2D eigenvalue weighted by atomic mass is 10.4. The molecule has 5 heteroatoms. The number of ether oxygens (including phenoxy) is 2. The standard InChI is InChI=1S/C10H13N3O2/c1-4-7-6-11-10-12-8(14-2)5-9(15-3)13(7)10/h5-6H,4H2,1-3H3. The molecule has 0 aliphatic heterocycles. The first-order valence-electron chi connectivity index (χ1n) is 4.75. The van der Waals surface area contributed by atoms with Crippen LogP contribution in [0.25, 0.3) is 5.78 Å². The van der Waals surface area contributed by atoms with Gasteiger partial charge in [0.2, 0.25) is 17.5 Å². The molecule has 0 aromatic carbocycles. The maximum absolute atomic E-state index is 5.27. The zero-order valence-corrected chi connectivity index (χ0v) is 9.02. The van der Waals surface area contributed by atoms with Crippen LogP contribution in [-0.4, -0.2) is 28.6 Å². The molecule has 0 amide bonds. The largest absolute Gasteiger partial charge is 0.482 e. The predicted octanol–water partition coefficient (Wildman–Crippen LogP) is 1.31. The molecule has 2 heterocycles. The second-order valence-corrected chi connectivity index (χ2v) is 3.08. The van der Waals surface area contributed by atoms with Gasteiger partial charge >= 0.3 is 0 Å². The zero-order chi connectivity index (χ0) is 10.8. The zero-order valence-electron chi connectivity index (χ0n) is 9.02. The Morgan fingerprint density at radius 3 is 2.73 bits per heavy atom. The van der Waals surface area contributed by atoms with Crippen LogP contribution in [0.3, 0.4) is 0 Å². The topological polar surface area (TPSA) is 48.7 Å². The summed E-state index contributed by atoms with van der Waals surface area (Å²) in [4.78, 5) is 8.42. The maximum Gasteiger partial charge on any atom is 0.240 e. The van der Waals surface area contributed by atoms with E-state index in [1.165, 1.54) is 0 Å². The highest BCUT2D eigenvalue weighted by Crippen LogP contribution is 2.21. The summed E-state index contributed by atoms with van der Waals surface area (Å²) < 4.78 is 12.2. The van der Waals surface area contributed by atoms with Gasteiger partial charge < -0.3 is 9.47 Å². The molecule has 0 bridgehead atoms. The van der Waals surface area contributed by atoms with Gasteiger partial charge in [-0.15, -0.1) is 0 Å². The van der Waals surface area contributed by atoms with Gasteiger partial charge in [-0.1, -0.05) is 6.92 Å². The molecule has 2 aromatic heterocycles. The first kappa shape index (κ1) is 9.76. The van der Waals surface area contributed by atoms with Crippen LogP contribution in [0.15, 0.2) is 12.3 Å². The number of fused-ring (bicyclic) bond motifs is 1. The van der Waals surface area contributed by atoms with E-state index in [-0.39, 0.29) is 0 Å². The third-order valence-electron chi connectivity index (χ3n) is 2.27. The average molecular weight is 207 g/mol. The van der Waals surface area contributed by atoms with Crippen LogP contribution in [0, 0.1) is 0 Å². The van der Waals surface area contributed by atoms with Crippen molar-refractivity contribution in [3.8, 4) is 11.8 Å². The van der Waals surface area contributed by atoms with E-state index in [2.05, 4.69) is 16.9 Å². The van der Waals surface area contributed by atoms with E-state index in [4.69, 9.17) is 9.47 Å². The van der Waals surface area contributed by atoms with Gasteiger partial charge in [-0.25, -0.2) is 4.98 Å². The maximum atomic E-state index is 5.27. The minimum atomic E-state index is 0.507. The highest BCUT2D eigenvalue weighted by atomic mass is 16.5. The van der Waals surface area contributed by atoms with Gasteiger partial charge in [0.15, 0.2) is 0 Å². The van der Waals surface area contributed by atoms with E-state index in [0.29, 0.717) is 17.5 Å². The molecule has 0 atom stereocenters. The molecular weight excluding hydrogens is 194 g/mol. The molecule has 0 radical (unpaired) electrons. The van der Waals surface area contributed by atoms with Crippen molar-refractivity contribution in [1.29, 1.82) is 0 Å². The summed E-state index contributed by atoms with van der Waals surface area (Å²) in [5, 5.41) is 0. The second-order valence-electron chi connectivity index (χ2n) is 3.08. The molecular formula is C10H13N3O2. The average Bonchev–Trinajstić information content (AvgIpc) is 2.70. The van der Waals surface area contributed by atoms with Gasteiger partial charge in [0.1, 0.15) is 0 Å². The molecule has 80 valence electrons. The van der Waals surface area contributed by atoms with Crippen LogP contribution in [0.1, 0.15) is 12.6 Å². The highest BCUT2D eigenvalue weighted by Gasteiger charge is 2.10. The molecule has 2 rings (SSSR count). The SMILES string of the molecule is CCc1cnc2nc(OC)cc(OC)n12. The van der Waals surface area contributed by atoms with E-state index in [0.717, 1.165) is 12.1 Å². The predicted molar refractivity (Wildman–Crippen MR) is 55.5 cm³/mol. The van der Waals surface area contributed by atoms with E-state index in [1.807, 2.05) is 4.40 Å². The van der Waals surface area contributed by atoms with Crippen molar-refractivity contribution in [2.75, 3.05) is 14.2 Å². The number of hydrogen-bond acceptors (Lipinski definition) is 4. The number of aryl methyl sites for hydroxylation is 1. The van der Waals surface area contributed by atoms with Crippen LogP contribution in [0.2, 0.25) is 0 Å². The van der Waals surface area contributed by atoms with Gasteiger partial charge in [-0.05, 0) is 6.42 Å². The molecule has 2 aromatic rings. The summed E-state index contributed by atoms with van der Waals surface area (Å²) in [5.41, 5.74) is 1.07. The first-order chi connectivity index (χ1) is 7.30. The molecule has 0 spiro atoms. The minimum absolute atomic E-state index is 0.507. The van der Waals surface area contributed by atoms with E-state index in [1.54, 1.807) is 26.5 Å². The van der Waals surface area contributed by atoms with Gasteiger partial charge in [-0.3, -0.25) is 4.40 Å². The summed E-state index contributed by atoms with van der Waals surface area (Å²) in [6.45, 7) is 2.06. The number of nitrogens with zero attached hydrogens (tertiary/aromatic N) is 3. The smallest absolute Gasteiger partial charge is 0.240 e. The molecule has 5 nitrogen and oxygen atoms in total. The fourth-order valence-electron chi connectivity index (χ4n) is 1.50. The Morgan fingerprint density at radius 2 is 2.13 bits per heavy atom. The monoisotopic (exact) mass is 207 g/mol. The van der Waals surface area contributed by atoms with Crippen molar-refractivity contribution >= 4 is 5.78 Å². The Kier molecular flexibility index (Phi) is 2.45. The lowest BCUT2D eigenvalue weighted by Crippen LogP contribution is -2.01. The third kappa shape index (κ3) is 1.49. The Hall–Kier alpha value is -1.78. The van der Waals surface area contributed by atoms with Crippen LogP contribution >= 0.6 is 0 Å². The normalized spacial score (nSPS) is 10.6. The van der Waals surface area contributed by atoms with Gasteiger partial charge in [-0.2, -0.15) is 4.98 Å². The summed E-state index contributed by atoms with van der Waals surface area (Å²) in [5.74, 6) is 1.79. The first-order valence-corrected chi connectivity index (χ1v) is 4.75. The molecule has 0 aliphatic rings. The van der Waals surface area contributed by atoms with Gasteiger partial charge in [0.25, 0.3) is 0 Å². The Bertz CT molecular complexity index is 479. The summed E-state index contributed by atoms with van der Waals surface area (Å²) in [6, 6.07) is 1.74. The van der Waals surface area contributed by atoms with Crippen molar-refractivity contribution in [3.05, 3.63) is 18.0 Å². The molecule has 0 aliphatic carbocycles. The van der Waals surface area contributed by atoms with E-state index >= 15 is 0 Å². The number of imidazole rings is 1.